The van der Waals surface area contributed by atoms with Gasteiger partial charge in [-0.15, -0.1) is 11.6 Å². The van der Waals surface area contributed by atoms with Crippen molar-refractivity contribution in [1.29, 1.82) is 0 Å². The molecule has 0 aliphatic carbocycles. The van der Waals surface area contributed by atoms with Crippen molar-refractivity contribution >= 4 is 22.6 Å². The van der Waals surface area contributed by atoms with E-state index in [1.54, 1.807) is 0 Å². The Morgan fingerprint density at radius 3 is 3.05 bits per heavy atom. The molecule has 0 spiro atoms. The Bertz CT molecular complexity index is 587. The minimum absolute atomic E-state index is 0.278. The maximum Gasteiger partial charge on any atom is 0.125 e. The van der Waals surface area contributed by atoms with Gasteiger partial charge in [0.05, 0.1) is 29.1 Å². The largest absolute Gasteiger partial charge is 0.376 e. The van der Waals surface area contributed by atoms with Crippen LogP contribution in [0.5, 0.6) is 0 Å². The molecule has 2 atom stereocenters. The number of rotatable bonds is 3. The van der Waals surface area contributed by atoms with E-state index in [0.717, 1.165) is 36.3 Å². The minimum atomic E-state index is 0.278. The highest BCUT2D eigenvalue weighted by molar-refractivity contribution is 6.16. The fourth-order valence-electron chi connectivity index (χ4n) is 2.96. The van der Waals surface area contributed by atoms with Crippen LogP contribution in [0.25, 0.3) is 11.0 Å². The van der Waals surface area contributed by atoms with Crippen molar-refractivity contribution in [3.05, 3.63) is 29.6 Å². The molecule has 0 saturated carbocycles. The third-order valence-corrected chi connectivity index (χ3v) is 4.19. The van der Waals surface area contributed by atoms with Gasteiger partial charge < -0.3 is 9.30 Å². The molecule has 0 bridgehead atoms. The number of halogens is 1. The fourth-order valence-corrected chi connectivity index (χ4v) is 3.15. The lowest BCUT2D eigenvalue weighted by atomic mass is 10.1. The Morgan fingerprint density at radius 1 is 1.53 bits per heavy atom. The molecule has 102 valence electrons. The van der Waals surface area contributed by atoms with Crippen LogP contribution in [-0.4, -0.2) is 22.3 Å². The van der Waals surface area contributed by atoms with Gasteiger partial charge in [-0.1, -0.05) is 6.07 Å². The zero-order valence-electron chi connectivity index (χ0n) is 11.4. The first-order chi connectivity index (χ1) is 9.20. The normalized spacial score (nSPS) is 21.1. The molecule has 1 aliphatic heterocycles. The van der Waals surface area contributed by atoms with Crippen LogP contribution in [0.4, 0.5) is 0 Å². The lowest BCUT2D eigenvalue weighted by Gasteiger charge is -2.22. The van der Waals surface area contributed by atoms with E-state index in [1.165, 1.54) is 5.56 Å². The molecule has 3 rings (SSSR count). The average molecular weight is 279 g/mol. The monoisotopic (exact) mass is 278 g/mol. The number of fused-ring (bicyclic) bond motifs is 1. The van der Waals surface area contributed by atoms with Crippen molar-refractivity contribution in [3.8, 4) is 0 Å². The van der Waals surface area contributed by atoms with Gasteiger partial charge in [0, 0.05) is 6.61 Å². The first kappa shape index (κ1) is 12.9. The summed E-state index contributed by atoms with van der Waals surface area (Å²) in [5.74, 6) is 1.37. The Balaban J connectivity index is 2.09. The van der Waals surface area contributed by atoms with E-state index >= 15 is 0 Å². The Hall–Kier alpha value is -1.06. The van der Waals surface area contributed by atoms with E-state index in [1.807, 2.05) is 0 Å². The third kappa shape index (κ3) is 2.26. The Kier molecular flexibility index (Phi) is 3.50. The maximum atomic E-state index is 6.07. The Morgan fingerprint density at radius 2 is 2.37 bits per heavy atom. The molecule has 2 heterocycles. The summed E-state index contributed by atoms with van der Waals surface area (Å²) in [6, 6.07) is 6.66. The zero-order valence-corrected chi connectivity index (χ0v) is 12.2. The number of ether oxygens (including phenoxy) is 1. The quantitative estimate of drug-likeness (QED) is 0.798. The smallest absolute Gasteiger partial charge is 0.125 e. The number of hydrogen-bond donors (Lipinski definition) is 0. The molecule has 1 aromatic carbocycles. The first-order valence-corrected chi connectivity index (χ1v) is 7.39. The van der Waals surface area contributed by atoms with Gasteiger partial charge >= 0.3 is 0 Å². The highest BCUT2D eigenvalue weighted by Crippen LogP contribution is 2.30. The van der Waals surface area contributed by atoms with Crippen LogP contribution < -0.4 is 0 Å². The van der Waals surface area contributed by atoms with Gasteiger partial charge in [-0.05, 0) is 44.4 Å². The van der Waals surface area contributed by atoms with Crippen molar-refractivity contribution in [2.24, 2.45) is 0 Å². The van der Waals surface area contributed by atoms with Gasteiger partial charge in [-0.2, -0.15) is 0 Å². The lowest BCUT2D eigenvalue weighted by Crippen LogP contribution is -2.22. The predicted octanol–water partition coefficient (Wildman–Crippen LogP) is 3.82. The van der Waals surface area contributed by atoms with Crippen molar-refractivity contribution in [2.45, 2.75) is 44.7 Å². The molecule has 0 amide bonds. The van der Waals surface area contributed by atoms with E-state index in [4.69, 9.17) is 16.3 Å². The van der Waals surface area contributed by atoms with Gasteiger partial charge in [0.25, 0.3) is 0 Å². The second kappa shape index (κ2) is 5.14. The topological polar surface area (TPSA) is 27.1 Å². The molecule has 2 unspecified atom stereocenters. The van der Waals surface area contributed by atoms with Crippen molar-refractivity contribution in [3.63, 3.8) is 0 Å². The van der Waals surface area contributed by atoms with Crippen LogP contribution >= 0.6 is 11.6 Å². The number of nitrogens with zero attached hydrogens (tertiary/aromatic N) is 2. The molecule has 4 heteroatoms. The minimum Gasteiger partial charge on any atom is -0.376 e. The number of imidazole rings is 1. The van der Waals surface area contributed by atoms with Gasteiger partial charge in [-0.3, -0.25) is 0 Å². The van der Waals surface area contributed by atoms with Crippen LogP contribution in [-0.2, 0) is 10.6 Å². The van der Waals surface area contributed by atoms with Crippen LogP contribution in [0, 0.1) is 6.92 Å². The van der Waals surface area contributed by atoms with Crippen LogP contribution in [0.3, 0.4) is 0 Å². The molecule has 0 radical (unpaired) electrons. The summed E-state index contributed by atoms with van der Waals surface area (Å²) in [5, 5.41) is 0. The SMILES string of the molecule is Cc1ccc2c(c1)nc(CCl)n2C(C)C1CCCO1. The van der Waals surface area contributed by atoms with E-state index in [-0.39, 0.29) is 12.1 Å². The number of benzene rings is 1. The molecule has 1 fully saturated rings. The predicted molar refractivity (Wildman–Crippen MR) is 77.7 cm³/mol. The van der Waals surface area contributed by atoms with E-state index in [0.29, 0.717) is 5.88 Å². The highest BCUT2D eigenvalue weighted by atomic mass is 35.5. The molecular weight excluding hydrogens is 260 g/mol. The summed E-state index contributed by atoms with van der Waals surface area (Å²) in [7, 11) is 0. The molecule has 3 nitrogen and oxygen atoms in total. The summed E-state index contributed by atoms with van der Waals surface area (Å²) < 4.78 is 8.07. The summed E-state index contributed by atoms with van der Waals surface area (Å²) in [6.45, 7) is 5.16. The summed E-state index contributed by atoms with van der Waals surface area (Å²) in [6.07, 6.45) is 2.55. The first-order valence-electron chi connectivity index (χ1n) is 6.85. The van der Waals surface area contributed by atoms with Gasteiger partial charge in [0.1, 0.15) is 5.82 Å². The second-order valence-electron chi connectivity index (χ2n) is 5.32. The molecule has 19 heavy (non-hydrogen) atoms. The summed E-state index contributed by atoms with van der Waals surface area (Å²) in [5.41, 5.74) is 3.41. The van der Waals surface area contributed by atoms with Crippen LogP contribution in [0.2, 0.25) is 0 Å². The molecular formula is C15H19ClN2O. The molecule has 2 aromatic rings. The molecule has 1 saturated heterocycles. The molecule has 1 aromatic heterocycles. The van der Waals surface area contributed by atoms with E-state index in [9.17, 15) is 0 Å². The number of aryl methyl sites for hydroxylation is 1. The van der Waals surface area contributed by atoms with Crippen LogP contribution in [0.15, 0.2) is 18.2 Å². The van der Waals surface area contributed by atoms with Crippen molar-refractivity contribution < 1.29 is 4.74 Å². The van der Waals surface area contributed by atoms with Crippen molar-refractivity contribution in [1.82, 2.24) is 9.55 Å². The standard InChI is InChI=1S/C15H19ClN2O/c1-10-5-6-13-12(8-10)17-15(9-16)18(13)11(2)14-4-3-7-19-14/h5-6,8,11,14H,3-4,7,9H2,1-2H3. The second-order valence-corrected chi connectivity index (χ2v) is 5.58. The third-order valence-electron chi connectivity index (χ3n) is 3.95. The molecule has 0 N–H and O–H groups in total. The van der Waals surface area contributed by atoms with Gasteiger partial charge in [0.2, 0.25) is 0 Å². The summed E-state index contributed by atoms with van der Waals surface area (Å²) in [4.78, 5) is 4.66. The zero-order chi connectivity index (χ0) is 13.4. The van der Waals surface area contributed by atoms with Crippen LogP contribution in [0.1, 0.15) is 37.2 Å². The van der Waals surface area contributed by atoms with E-state index in [2.05, 4.69) is 41.6 Å². The maximum absolute atomic E-state index is 6.07. The number of aromatic nitrogens is 2. The van der Waals surface area contributed by atoms with E-state index < -0.39 is 0 Å². The summed E-state index contributed by atoms with van der Waals surface area (Å²) >= 11 is 6.07. The average Bonchev–Trinajstić information content (AvgIpc) is 3.04. The fraction of sp³-hybridized carbons (Fsp3) is 0.533. The van der Waals surface area contributed by atoms with Gasteiger partial charge in [-0.25, -0.2) is 4.98 Å². The van der Waals surface area contributed by atoms with Crippen molar-refractivity contribution in [2.75, 3.05) is 6.61 Å². The Labute approximate surface area is 118 Å². The number of alkyl halides is 1. The highest BCUT2D eigenvalue weighted by Gasteiger charge is 2.26. The van der Waals surface area contributed by atoms with Gasteiger partial charge in [0.15, 0.2) is 0 Å². The number of hydrogen-bond acceptors (Lipinski definition) is 2. The lowest BCUT2D eigenvalue weighted by molar-refractivity contribution is 0.0738. The molecule has 1 aliphatic rings.